The van der Waals surface area contributed by atoms with Gasteiger partial charge in [0.25, 0.3) is 0 Å². The molecular formula is C9H12N2O. The Morgan fingerprint density at radius 3 is 3.00 bits per heavy atom. The lowest BCUT2D eigenvalue weighted by atomic mass is 10.3. The Hall–Kier alpha value is -1.12. The van der Waals surface area contributed by atoms with Crippen molar-refractivity contribution in [2.45, 2.75) is 26.3 Å². The normalized spacial score (nSPS) is 16.4. The van der Waals surface area contributed by atoms with Gasteiger partial charge in [0, 0.05) is 12.1 Å². The van der Waals surface area contributed by atoms with Crippen LogP contribution in [0.5, 0.6) is 0 Å². The molecule has 0 aromatic carbocycles. The summed E-state index contributed by atoms with van der Waals surface area (Å²) in [5.41, 5.74) is 0.971. The Bertz CT molecular complexity index is 299. The number of aryl methyl sites for hydroxylation is 1. The number of aromatic nitrogens is 2. The molecular weight excluding hydrogens is 152 g/mol. The molecule has 3 heteroatoms. The van der Waals surface area contributed by atoms with Gasteiger partial charge >= 0.3 is 0 Å². The molecule has 3 nitrogen and oxygen atoms in total. The van der Waals surface area contributed by atoms with E-state index in [2.05, 4.69) is 5.10 Å². The molecule has 1 aromatic rings. The highest BCUT2D eigenvalue weighted by molar-refractivity contribution is 5.82. The van der Waals surface area contributed by atoms with Crippen molar-refractivity contribution in [2.75, 3.05) is 0 Å². The van der Waals surface area contributed by atoms with Crippen molar-refractivity contribution in [1.82, 2.24) is 9.78 Å². The van der Waals surface area contributed by atoms with Gasteiger partial charge in [0.2, 0.25) is 0 Å². The molecule has 0 N–H and O–H groups in total. The number of nitrogens with zero attached hydrogens (tertiary/aromatic N) is 2. The SMILES string of the molecule is Cc1ccn(CC(=O)C2CC2)n1. The molecule has 1 aromatic heterocycles. The second kappa shape index (κ2) is 2.73. The summed E-state index contributed by atoms with van der Waals surface area (Å²) in [7, 11) is 0. The van der Waals surface area contributed by atoms with Gasteiger partial charge in [0.15, 0.2) is 5.78 Å². The van der Waals surface area contributed by atoms with E-state index in [0.717, 1.165) is 18.5 Å². The first-order chi connectivity index (χ1) is 5.75. The number of rotatable bonds is 3. The van der Waals surface area contributed by atoms with E-state index in [1.165, 1.54) is 0 Å². The first kappa shape index (κ1) is 7.53. The van der Waals surface area contributed by atoms with E-state index in [-0.39, 0.29) is 0 Å². The highest BCUT2D eigenvalue weighted by Crippen LogP contribution is 2.30. The summed E-state index contributed by atoms with van der Waals surface area (Å²) in [5, 5.41) is 4.16. The van der Waals surface area contributed by atoms with Crippen LogP contribution in [0.3, 0.4) is 0 Å². The van der Waals surface area contributed by atoms with Gasteiger partial charge in [0.1, 0.15) is 0 Å². The second-order valence-electron chi connectivity index (χ2n) is 3.40. The van der Waals surface area contributed by atoms with E-state index in [0.29, 0.717) is 18.2 Å². The minimum Gasteiger partial charge on any atom is -0.297 e. The van der Waals surface area contributed by atoms with E-state index < -0.39 is 0 Å². The van der Waals surface area contributed by atoms with E-state index in [1.807, 2.05) is 19.2 Å². The van der Waals surface area contributed by atoms with Crippen LogP contribution in [-0.2, 0) is 11.3 Å². The van der Waals surface area contributed by atoms with Crippen LogP contribution in [0.4, 0.5) is 0 Å². The Balaban J connectivity index is 1.98. The zero-order valence-electron chi connectivity index (χ0n) is 7.16. The van der Waals surface area contributed by atoms with Crippen LogP contribution in [0, 0.1) is 12.8 Å². The average molecular weight is 164 g/mol. The molecule has 0 aliphatic heterocycles. The molecule has 2 rings (SSSR count). The average Bonchev–Trinajstić information content (AvgIpc) is 2.78. The summed E-state index contributed by atoms with van der Waals surface area (Å²) in [6, 6.07) is 1.92. The van der Waals surface area contributed by atoms with Crippen LogP contribution in [0.2, 0.25) is 0 Å². The molecule has 1 heterocycles. The minimum atomic E-state index is 0.332. The lowest BCUT2D eigenvalue weighted by molar-refractivity contribution is -0.120. The van der Waals surface area contributed by atoms with Crippen LogP contribution in [-0.4, -0.2) is 15.6 Å². The predicted octanol–water partition coefficient (Wildman–Crippen LogP) is 1.17. The van der Waals surface area contributed by atoms with Crippen molar-refractivity contribution in [2.24, 2.45) is 5.92 Å². The fourth-order valence-corrected chi connectivity index (χ4v) is 1.25. The predicted molar refractivity (Wildman–Crippen MR) is 44.7 cm³/mol. The van der Waals surface area contributed by atoms with Gasteiger partial charge < -0.3 is 0 Å². The van der Waals surface area contributed by atoms with Crippen molar-refractivity contribution in [3.8, 4) is 0 Å². The van der Waals surface area contributed by atoms with Crippen molar-refractivity contribution in [3.05, 3.63) is 18.0 Å². The van der Waals surface area contributed by atoms with Crippen LogP contribution >= 0.6 is 0 Å². The Labute approximate surface area is 71.4 Å². The third-order valence-electron chi connectivity index (χ3n) is 2.12. The monoisotopic (exact) mass is 164 g/mol. The zero-order chi connectivity index (χ0) is 8.55. The summed E-state index contributed by atoms with van der Waals surface area (Å²) < 4.78 is 1.72. The van der Waals surface area contributed by atoms with Crippen molar-refractivity contribution in [1.29, 1.82) is 0 Å². The fourth-order valence-electron chi connectivity index (χ4n) is 1.25. The number of carbonyl (C=O) groups excluding carboxylic acids is 1. The van der Waals surface area contributed by atoms with Crippen LogP contribution in [0.1, 0.15) is 18.5 Å². The third-order valence-corrected chi connectivity index (χ3v) is 2.12. The third kappa shape index (κ3) is 1.55. The number of carbonyl (C=O) groups is 1. The molecule has 12 heavy (non-hydrogen) atoms. The van der Waals surface area contributed by atoms with Crippen molar-refractivity contribution >= 4 is 5.78 Å². The fraction of sp³-hybridized carbons (Fsp3) is 0.556. The maximum Gasteiger partial charge on any atom is 0.157 e. The first-order valence-electron chi connectivity index (χ1n) is 4.28. The Morgan fingerprint density at radius 1 is 1.75 bits per heavy atom. The van der Waals surface area contributed by atoms with Crippen LogP contribution < -0.4 is 0 Å². The molecule has 0 bridgehead atoms. The molecule has 0 saturated heterocycles. The van der Waals surface area contributed by atoms with Crippen LogP contribution in [0.15, 0.2) is 12.3 Å². The summed E-state index contributed by atoms with van der Waals surface area (Å²) >= 11 is 0. The van der Waals surface area contributed by atoms with Gasteiger partial charge in [-0.2, -0.15) is 5.10 Å². The Morgan fingerprint density at radius 2 is 2.50 bits per heavy atom. The van der Waals surface area contributed by atoms with Crippen LogP contribution in [0.25, 0.3) is 0 Å². The molecule has 0 radical (unpaired) electrons. The quantitative estimate of drug-likeness (QED) is 0.672. The molecule has 1 fully saturated rings. The molecule has 1 aliphatic rings. The summed E-state index contributed by atoms with van der Waals surface area (Å²) in [4.78, 5) is 11.3. The topological polar surface area (TPSA) is 34.9 Å². The number of ketones is 1. The highest BCUT2D eigenvalue weighted by atomic mass is 16.1. The first-order valence-corrected chi connectivity index (χ1v) is 4.28. The van der Waals surface area contributed by atoms with Gasteiger partial charge in [-0.3, -0.25) is 9.48 Å². The molecule has 0 unspecified atom stereocenters. The highest BCUT2D eigenvalue weighted by Gasteiger charge is 2.29. The largest absolute Gasteiger partial charge is 0.297 e. The van der Waals surface area contributed by atoms with Gasteiger partial charge in [0.05, 0.1) is 12.2 Å². The van der Waals surface area contributed by atoms with E-state index >= 15 is 0 Å². The second-order valence-corrected chi connectivity index (χ2v) is 3.40. The maximum absolute atomic E-state index is 11.3. The number of Topliss-reactive ketones (excluding diaryl/α,β-unsaturated/α-hetero) is 1. The number of hydrogen-bond acceptors (Lipinski definition) is 2. The van der Waals surface area contributed by atoms with E-state index in [4.69, 9.17) is 0 Å². The molecule has 0 atom stereocenters. The standard InChI is InChI=1S/C9H12N2O/c1-7-4-5-11(10-7)6-9(12)8-2-3-8/h4-5,8H,2-3,6H2,1H3. The zero-order valence-corrected chi connectivity index (χ0v) is 7.16. The molecule has 1 saturated carbocycles. The molecule has 1 aliphatic carbocycles. The van der Waals surface area contributed by atoms with Crippen molar-refractivity contribution < 1.29 is 4.79 Å². The smallest absolute Gasteiger partial charge is 0.157 e. The Kier molecular flexibility index (Phi) is 1.71. The molecule has 64 valence electrons. The molecule has 0 spiro atoms. The van der Waals surface area contributed by atoms with Gasteiger partial charge in [-0.05, 0) is 25.8 Å². The lowest BCUT2D eigenvalue weighted by Crippen LogP contribution is -2.12. The summed E-state index contributed by atoms with van der Waals surface area (Å²) in [5.74, 6) is 0.674. The lowest BCUT2D eigenvalue weighted by Gasteiger charge is -1.97. The van der Waals surface area contributed by atoms with Crippen molar-refractivity contribution in [3.63, 3.8) is 0 Å². The summed E-state index contributed by atoms with van der Waals surface area (Å²) in [6.07, 6.45) is 4.02. The van der Waals surface area contributed by atoms with Gasteiger partial charge in [-0.1, -0.05) is 0 Å². The van der Waals surface area contributed by atoms with E-state index in [9.17, 15) is 4.79 Å². The van der Waals surface area contributed by atoms with Gasteiger partial charge in [-0.25, -0.2) is 0 Å². The van der Waals surface area contributed by atoms with Gasteiger partial charge in [-0.15, -0.1) is 0 Å². The summed E-state index contributed by atoms with van der Waals surface area (Å²) in [6.45, 7) is 2.39. The maximum atomic E-state index is 11.3. The minimum absolute atomic E-state index is 0.332. The van der Waals surface area contributed by atoms with E-state index in [1.54, 1.807) is 4.68 Å². The molecule has 0 amide bonds. The number of hydrogen-bond donors (Lipinski definition) is 0.